The Labute approximate surface area is 317 Å². The summed E-state index contributed by atoms with van der Waals surface area (Å²) in [5, 5.41) is 8.01. The van der Waals surface area contributed by atoms with Crippen LogP contribution in [-0.4, -0.2) is 130 Å². The van der Waals surface area contributed by atoms with Crippen molar-refractivity contribution in [3.8, 4) is 0 Å². The molecule has 12 heteroatoms. The molecule has 1 aromatic heterocycles. The lowest BCUT2D eigenvalue weighted by molar-refractivity contribution is -0.140. The van der Waals surface area contributed by atoms with Crippen molar-refractivity contribution in [2.24, 2.45) is 11.8 Å². The van der Waals surface area contributed by atoms with Gasteiger partial charge in [-0.2, -0.15) is 5.10 Å². The highest BCUT2D eigenvalue weighted by molar-refractivity contribution is 5.95. The van der Waals surface area contributed by atoms with Crippen molar-refractivity contribution in [2.75, 3.05) is 65.4 Å². The highest BCUT2D eigenvalue weighted by Gasteiger charge is 2.35. The summed E-state index contributed by atoms with van der Waals surface area (Å²) in [6.07, 6.45) is 9.40. The molecule has 1 saturated carbocycles. The zero-order chi connectivity index (χ0) is 37.8. The Kier molecular flexibility index (Phi) is 12.1. The molecule has 3 amide bonds. The first-order valence-electron chi connectivity index (χ1n) is 20.2. The molecule has 3 aromatic rings. The van der Waals surface area contributed by atoms with Gasteiger partial charge in [0, 0.05) is 76.1 Å². The van der Waals surface area contributed by atoms with E-state index in [1.807, 2.05) is 17.0 Å². The molecule has 0 spiro atoms. The molecule has 290 valence electrons. The van der Waals surface area contributed by atoms with E-state index < -0.39 is 5.82 Å². The van der Waals surface area contributed by atoms with Gasteiger partial charge in [0.25, 0.3) is 11.5 Å². The van der Waals surface area contributed by atoms with E-state index >= 15 is 0 Å². The van der Waals surface area contributed by atoms with Gasteiger partial charge in [0.15, 0.2) is 0 Å². The number of likely N-dealkylation sites (tertiary alicyclic amines) is 1. The van der Waals surface area contributed by atoms with Crippen LogP contribution in [0.25, 0.3) is 10.8 Å². The van der Waals surface area contributed by atoms with Gasteiger partial charge < -0.3 is 14.7 Å². The zero-order valence-corrected chi connectivity index (χ0v) is 32.0. The molecule has 1 unspecified atom stereocenters. The number of carbonyl (C=O) groups is 3. The average Bonchev–Trinajstić information content (AvgIpc) is 3.17. The van der Waals surface area contributed by atoms with Crippen LogP contribution in [0, 0.1) is 17.7 Å². The van der Waals surface area contributed by atoms with Crippen molar-refractivity contribution in [3.63, 3.8) is 0 Å². The van der Waals surface area contributed by atoms with Crippen LogP contribution < -0.4 is 5.56 Å². The second-order valence-electron chi connectivity index (χ2n) is 16.4. The molecule has 4 heterocycles. The second-order valence-corrected chi connectivity index (χ2v) is 16.4. The number of hydrogen-bond donors (Lipinski definition) is 1. The van der Waals surface area contributed by atoms with Gasteiger partial charge in [0.05, 0.1) is 23.2 Å². The molecule has 11 nitrogen and oxygen atoms in total. The molecule has 3 aliphatic heterocycles. The van der Waals surface area contributed by atoms with Crippen LogP contribution in [0.4, 0.5) is 4.39 Å². The Hall–Kier alpha value is -4.16. The van der Waals surface area contributed by atoms with Crippen molar-refractivity contribution in [2.45, 2.75) is 83.7 Å². The number of H-pyrrole nitrogens is 1. The fourth-order valence-corrected chi connectivity index (χ4v) is 9.48. The lowest BCUT2D eigenvalue weighted by atomic mass is 9.86. The Morgan fingerprint density at radius 1 is 0.778 bits per heavy atom. The molecule has 2 atom stereocenters. The Morgan fingerprint density at radius 3 is 2.15 bits per heavy atom. The first kappa shape index (κ1) is 38.1. The minimum Gasteiger partial charge on any atom is -0.338 e. The van der Waals surface area contributed by atoms with Crippen LogP contribution in [0.1, 0.15) is 86.8 Å². The van der Waals surface area contributed by atoms with Crippen LogP contribution >= 0.6 is 0 Å². The highest BCUT2D eigenvalue weighted by atomic mass is 19.1. The van der Waals surface area contributed by atoms with Gasteiger partial charge in [0.1, 0.15) is 5.82 Å². The van der Waals surface area contributed by atoms with Crippen LogP contribution in [0.2, 0.25) is 0 Å². The molecule has 3 saturated heterocycles. The van der Waals surface area contributed by atoms with Crippen LogP contribution in [-0.2, 0) is 16.0 Å². The standard InChI is InChI=1S/C42H56FN7O4/c1-29-25-47(26-30(2)50(29)39(51)24-31-8-4-3-5-9-31)27-32-14-16-46(17-15-32)28-40(52)48-18-20-49(21-19-48)42(54)36-22-33(12-13-37(36)43)23-38-34-10-6-7-11-35(34)41(53)45-44-38/h6-7,10-13,22,29-32H,3-5,8-9,14-21,23-28H2,1-2H3,(H,45,53)/t29-,30?/m0/s1. The van der Waals surface area contributed by atoms with Gasteiger partial charge in [-0.25, -0.2) is 9.49 Å². The van der Waals surface area contributed by atoms with E-state index in [-0.39, 0.29) is 35.0 Å². The van der Waals surface area contributed by atoms with Gasteiger partial charge in [-0.1, -0.05) is 43.5 Å². The maximum atomic E-state index is 15.0. The Balaban J connectivity index is 0.842. The largest absolute Gasteiger partial charge is 0.338 e. The minimum absolute atomic E-state index is 0.00202. The molecular formula is C42H56FN7O4. The SMILES string of the molecule is CC1CN(CC2CCN(CC(=O)N3CCN(C(=O)c4cc(Cc5n[nH]c(=O)c6ccccc56)ccc4F)CC3)CC2)C[C@H](C)N1C(=O)CC1CCCCC1. The zero-order valence-electron chi connectivity index (χ0n) is 32.0. The van der Waals surface area contributed by atoms with Gasteiger partial charge in [-0.05, 0) is 88.2 Å². The predicted molar refractivity (Wildman–Crippen MR) is 207 cm³/mol. The number of nitrogens with one attached hydrogen (secondary N) is 1. The number of amides is 3. The number of fused-ring (bicyclic) bond motifs is 1. The minimum atomic E-state index is -0.587. The van der Waals surface area contributed by atoms with Gasteiger partial charge in [-0.15, -0.1) is 0 Å². The summed E-state index contributed by atoms with van der Waals surface area (Å²) in [5.74, 6) is 0.595. The molecule has 0 bridgehead atoms. The summed E-state index contributed by atoms with van der Waals surface area (Å²) < 4.78 is 15.0. The lowest BCUT2D eigenvalue weighted by Gasteiger charge is -2.46. The van der Waals surface area contributed by atoms with Gasteiger partial charge >= 0.3 is 0 Å². The third kappa shape index (κ3) is 8.86. The lowest BCUT2D eigenvalue weighted by Crippen LogP contribution is -2.59. The van der Waals surface area contributed by atoms with Crippen molar-refractivity contribution < 1.29 is 18.8 Å². The van der Waals surface area contributed by atoms with Crippen LogP contribution in [0.5, 0.6) is 0 Å². The van der Waals surface area contributed by atoms with E-state index in [2.05, 4.69) is 38.7 Å². The number of piperazine rings is 2. The van der Waals surface area contributed by atoms with Crippen molar-refractivity contribution in [1.29, 1.82) is 0 Å². The van der Waals surface area contributed by atoms with Crippen LogP contribution in [0.15, 0.2) is 47.3 Å². The topological polar surface area (TPSA) is 113 Å². The van der Waals surface area contributed by atoms with E-state index in [0.29, 0.717) is 80.0 Å². The van der Waals surface area contributed by atoms with Gasteiger partial charge in [-0.3, -0.25) is 29.0 Å². The summed E-state index contributed by atoms with van der Waals surface area (Å²) in [4.78, 5) is 62.7. The summed E-state index contributed by atoms with van der Waals surface area (Å²) >= 11 is 0. The maximum absolute atomic E-state index is 15.0. The van der Waals surface area contributed by atoms with E-state index in [0.717, 1.165) is 51.0 Å². The normalized spacial score (nSPS) is 22.5. The molecule has 4 fully saturated rings. The molecule has 0 radical (unpaired) electrons. The van der Waals surface area contributed by atoms with Crippen molar-refractivity contribution >= 4 is 28.5 Å². The molecule has 1 N–H and O–H groups in total. The fourth-order valence-electron chi connectivity index (χ4n) is 9.48. The highest BCUT2D eigenvalue weighted by Crippen LogP contribution is 2.29. The average molecular weight is 742 g/mol. The molecule has 7 rings (SSSR count). The molecule has 4 aliphatic rings. The predicted octanol–water partition coefficient (Wildman–Crippen LogP) is 4.54. The summed E-state index contributed by atoms with van der Waals surface area (Å²) in [5.41, 5.74) is 1.08. The van der Waals surface area contributed by atoms with Crippen LogP contribution in [0.3, 0.4) is 0 Å². The van der Waals surface area contributed by atoms with E-state index in [9.17, 15) is 23.6 Å². The monoisotopic (exact) mass is 741 g/mol. The maximum Gasteiger partial charge on any atom is 0.272 e. The summed E-state index contributed by atoms with van der Waals surface area (Å²) in [7, 11) is 0. The Morgan fingerprint density at radius 2 is 1.44 bits per heavy atom. The number of aromatic nitrogens is 2. The molecule has 54 heavy (non-hydrogen) atoms. The number of rotatable bonds is 9. The second kappa shape index (κ2) is 17.1. The Bertz CT molecular complexity index is 1850. The number of nitrogens with zero attached hydrogens (tertiary/aromatic N) is 6. The molecule has 1 aliphatic carbocycles. The third-order valence-electron chi connectivity index (χ3n) is 12.4. The smallest absolute Gasteiger partial charge is 0.272 e. The molecule has 2 aromatic carbocycles. The van der Waals surface area contributed by atoms with Crippen molar-refractivity contribution in [1.82, 2.24) is 34.7 Å². The summed E-state index contributed by atoms with van der Waals surface area (Å²) in [6, 6.07) is 12.2. The number of aromatic amines is 1. The molecular weight excluding hydrogens is 686 g/mol. The number of carbonyl (C=O) groups excluding carboxylic acids is 3. The van der Waals surface area contributed by atoms with Crippen molar-refractivity contribution in [3.05, 3.63) is 75.5 Å². The van der Waals surface area contributed by atoms with Gasteiger partial charge in [0.2, 0.25) is 11.8 Å². The fraction of sp³-hybridized carbons (Fsp3) is 0.595. The van der Waals surface area contributed by atoms with E-state index in [1.54, 1.807) is 29.2 Å². The number of hydrogen-bond acceptors (Lipinski definition) is 7. The first-order chi connectivity index (χ1) is 26.1. The summed E-state index contributed by atoms with van der Waals surface area (Å²) in [6.45, 7) is 11.0. The third-order valence-corrected chi connectivity index (χ3v) is 12.4. The van der Waals surface area contributed by atoms with E-state index in [1.165, 1.54) is 38.2 Å². The quantitative estimate of drug-likeness (QED) is 0.343. The number of benzene rings is 2. The first-order valence-corrected chi connectivity index (χ1v) is 20.2. The van der Waals surface area contributed by atoms with E-state index in [4.69, 9.17) is 0 Å². The number of halogens is 1. The number of piperidine rings is 1.